The standard InChI is InChI=1S/C17H17BrN2O2S/c1-17(2,3)15(21)20(10-12-5-4-8-22-12)16-19-13-7-6-11(18)9-14(13)23-16/h4-9H,10H2,1-3H3. The smallest absolute Gasteiger partial charge is 0.234 e. The third-order valence-corrected chi connectivity index (χ3v) is 4.89. The predicted molar refractivity (Wildman–Crippen MR) is 96.7 cm³/mol. The number of furan rings is 1. The van der Waals surface area contributed by atoms with E-state index in [0.29, 0.717) is 11.7 Å². The number of hydrogen-bond acceptors (Lipinski definition) is 4. The van der Waals surface area contributed by atoms with Crippen LogP contribution in [0.15, 0.2) is 45.5 Å². The number of amides is 1. The highest BCUT2D eigenvalue weighted by atomic mass is 79.9. The fourth-order valence-electron chi connectivity index (χ4n) is 2.19. The number of hydrogen-bond donors (Lipinski definition) is 0. The minimum absolute atomic E-state index is 0.0204. The Morgan fingerprint density at radius 3 is 2.78 bits per heavy atom. The zero-order valence-corrected chi connectivity index (χ0v) is 15.6. The Morgan fingerprint density at radius 1 is 1.35 bits per heavy atom. The molecule has 0 aliphatic carbocycles. The van der Waals surface area contributed by atoms with Crippen molar-refractivity contribution in [1.82, 2.24) is 4.98 Å². The SMILES string of the molecule is CC(C)(C)C(=O)N(Cc1ccco1)c1nc2ccc(Br)cc2s1. The van der Waals surface area contributed by atoms with Crippen molar-refractivity contribution in [3.63, 3.8) is 0 Å². The lowest BCUT2D eigenvalue weighted by atomic mass is 9.95. The van der Waals surface area contributed by atoms with E-state index in [1.54, 1.807) is 11.2 Å². The molecule has 0 radical (unpaired) electrons. The van der Waals surface area contributed by atoms with Gasteiger partial charge in [0, 0.05) is 9.89 Å². The van der Waals surface area contributed by atoms with Crippen molar-refractivity contribution in [2.45, 2.75) is 27.3 Å². The molecule has 4 nitrogen and oxygen atoms in total. The molecule has 0 N–H and O–H groups in total. The number of halogens is 1. The van der Waals surface area contributed by atoms with Gasteiger partial charge in [0.1, 0.15) is 5.76 Å². The summed E-state index contributed by atoms with van der Waals surface area (Å²) < 4.78 is 7.46. The lowest BCUT2D eigenvalue weighted by Gasteiger charge is -2.26. The quantitative estimate of drug-likeness (QED) is 0.612. The molecule has 0 bridgehead atoms. The number of fused-ring (bicyclic) bond motifs is 1. The zero-order valence-electron chi connectivity index (χ0n) is 13.2. The summed E-state index contributed by atoms with van der Waals surface area (Å²) in [5.41, 5.74) is 0.393. The van der Waals surface area contributed by atoms with Gasteiger partial charge in [0.05, 0.1) is 23.0 Å². The molecule has 0 spiro atoms. The average molecular weight is 393 g/mol. The number of carbonyl (C=O) groups excluding carboxylic acids is 1. The molecule has 120 valence electrons. The number of nitrogens with zero attached hydrogens (tertiary/aromatic N) is 2. The van der Waals surface area contributed by atoms with Crippen molar-refractivity contribution in [2.24, 2.45) is 5.41 Å². The molecule has 2 aromatic heterocycles. The summed E-state index contributed by atoms with van der Waals surface area (Å²) in [5.74, 6) is 0.759. The first-order valence-corrected chi connectivity index (χ1v) is 8.86. The Hall–Kier alpha value is -1.66. The molecular weight excluding hydrogens is 376 g/mol. The van der Waals surface area contributed by atoms with Crippen molar-refractivity contribution in [3.8, 4) is 0 Å². The van der Waals surface area contributed by atoms with Crippen LogP contribution < -0.4 is 4.90 Å². The summed E-state index contributed by atoms with van der Waals surface area (Å²) in [5, 5.41) is 0.689. The van der Waals surface area contributed by atoms with Gasteiger partial charge in [0.2, 0.25) is 5.91 Å². The molecule has 3 rings (SSSR count). The molecule has 2 heterocycles. The first-order valence-electron chi connectivity index (χ1n) is 7.25. The summed E-state index contributed by atoms with van der Waals surface area (Å²) in [6.45, 7) is 6.11. The van der Waals surface area contributed by atoms with Crippen LogP contribution in [0.25, 0.3) is 10.2 Å². The highest BCUT2D eigenvalue weighted by molar-refractivity contribution is 9.10. The van der Waals surface area contributed by atoms with Gasteiger partial charge in [-0.3, -0.25) is 9.69 Å². The minimum atomic E-state index is -0.495. The second-order valence-electron chi connectivity index (χ2n) is 6.33. The number of aromatic nitrogens is 1. The molecule has 23 heavy (non-hydrogen) atoms. The molecule has 0 fully saturated rings. The lowest BCUT2D eigenvalue weighted by Crippen LogP contribution is -2.39. The number of anilines is 1. The third-order valence-electron chi connectivity index (χ3n) is 3.35. The number of rotatable bonds is 3. The first kappa shape index (κ1) is 16.2. The molecule has 0 aliphatic rings. The highest BCUT2D eigenvalue weighted by Crippen LogP contribution is 2.33. The topological polar surface area (TPSA) is 46.3 Å². The van der Waals surface area contributed by atoms with E-state index in [2.05, 4.69) is 20.9 Å². The van der Waals surface area contributed by atoms with Crippen molar-refractivity contribution in [2.75, 3.05) is 4.90 Å². The Kier molecular flexibility index (Phi) is 4.29. The van der Waals surface area contributed by atoms with Gasteiger partial charge < -0.3 is 4.42 Å². The molecule has 3 aromatic rings. The summed E-state index contributed by atoms with van der Waals surface area (Å²) >= 11 is 4.98. The Balaban J connectivity index is 2.03. The van der Waals surface area contributed by atoms with Crippen molar-refractivity contribution >= 4 is 48.5 Å². The molecule has 0 aliphatic heterocycles. The normalized spacial score (nSPS) is 11.8. The Morgan fingerprint density at radius 2 is 2.13 bits per heavy atom. The second kappa shape index (κ2) is 6.09. The maximum Gasteiger partial charge on any atom is 0.234 e. The van der Waals surface area contributed by atoms with Gasteiger partial charge in [-0.2, -0.15) is 0 Å². The minimum Gasteiger partial charge on any atom is -0.467 e. The van der Waals surface area contributed by atoms with Gasteiger partial charge in [-0.1, -0.05) is 48.0 Å². The molecular formula is C17H17BrN2O2S. The van der Waals surface area contributed by atoms with Crippen LogP contribution in [-0.4, -0.2) is 10.9 Å². The lowest BCUT2D eigenvalue weighted by molar-refractivity contribution is -0.126. The van der Waals surface area contributed by atoms with E-state index < -0.39 is 5.41 Å². The van der Waals surface area contributed by atoms with Gasteiger partial charge in [-0.25, -0.2) is 4.98 Å². The zero-order chi connectivity index (χ0) is 16.6. The van der Waals surface area contributed by atoms with Crippen LogP contribution in [0.2, 0.25) is 0 Å². The summed E-state index contributed by atoms with van der Waals surface area (Å²) in [6, 6.07) is 9.61. The second-order valence-corrected chi connectivity index (χ2v) is 8.25. The van der Waals surface area contributed by atoms with E-state index in [1.807, 2.05) is 51.1 Å². The van der Waals surface area contributed by atoms with E-state index >= 15 is 0 Å². The van der Waals surface area contributed by atoms with Gasteiger partial charge in [-0.05, 0) is 30.3 Å². The summed E-state index contributed by atoms with van der Waals surface area (Å²) in [6.07, 6.45) is 1.62. The number of thiazole rings is 1. The molecule has 0 saturated heterocycles. The summed E-state index contributed by atoms with van der Waals surface area (Å²) in [4.78, 5) is 19.2. The van der Waals surface area contributed by atoms with Crippen LogP contribution in [-0.2, 0) is 11.3 Å². The van der Waals surface area contributed by atoms with Crippen LogP contribution in [0, 0.1) is 5.41 Å². The van der Waals surface area contributed by atoms with Gasteiger partial charge in [-0.15, -0.1) is 0 Å². The van der Waals surface area contributed by atoms with Crippen LogP contribution in [0.1, 0.15) is 26.5 Å². The molecule has 0 atom stereocenters. The van der Waals surface area contributed by atoms with Crippen LogP contribution in [0.4, 0.5) is 5.13 Å². The van der Waals surface area contributed by atoms with Gasteiger partial charge in [0.25, 0.3) is 0 Å². The molecule has 1 amide bonds. The van der Waals surface area contributed by atoms with Crippen LogP contribution in [0.5, 0.6) is 0 Å². The van der Waals surface area contributed by atoms with E-state index in [1.165, 1.54) is 11.3 Å². The third kappa shape index (κ3) is 3.48. The van der Waals surface area contributed by atoms with E-state index in [4.69, 9.17) is 4.42 Å². The summed E-state index contributed by atoms with van der Waals surface area (Å²) in [7, 11) is 0. The average Bonchev–Trinajstić information content (AvgIpc) is 3.11. The molecule has 6 heteroatoms. The Bertz CT molecular complexity index is 834. The van der Waals surface area contributed by atoms with Gasteiger partial charge in [0.15, 0.2) is 5.13 Å². The fraction of sp³-hybridized carbons (Fsp3) is 0.294. The van der Waals surface area contributed by atoms with E-state index in [9.17, 15) is 4.79 Å². The maximum absolute atomic E-state index is 12.9. The highest BCUT2D eigenvalue weighted by Gasteiger charge is 2.30. The van der Waals surface area contributed by atoms with E-state index in [-0.39, 0.29) is 5.91 Å². The maximum atomic E-state index is 12.9. The first-order chi connectivity index (χ1) is 10.8. The van der Waals surface area contributed by atoms with Gasteiger partial charge >= 0.3 is 0 Å². The number of carbonyl (C=O) groups is 1. The van der Waals surface area contributed by atoms with E-state index in [0.717, 1.165) is 20.4 Å². The molecule has 1 aromatic carbocycles. The molecule has 0 unspecified atom stereocenters. The monoisotopic (exact) mass is 392 g/mol. The number of benzene rings is 1. The van der Waals surface area contributed by atoms with Crippen molar-refractivity contribution in [3.05, 3.63) is 46.8 Å². The molecule has 0 saturated carbocycles. The predicted octanol–water partition coefficient (Wildman–Crippen LogP) is 5.23. The largest absolute Gasteiger partial charge is 0.467 e. The van der Waals surface area contributed by atoms with Crippen molar-refractivity contribution in [1.29, 1.82) is 0 Å². The van der Waals surface area contributed by atoms with Crippen LogP contribution >= 0.6 is 27.3 Å². The van der Waals surface area contributed by atoms with Crippen LogP contribution in [0.3, 0.4) is 0 Å². The van der Waals surface area contributed by atoms with Crippen molar-refractivity contribution < 1.29 is 9.21 Å². The fourth-order valence-corrected chi connectivity index (χ4v) is 3.71. The Labute approximate surface area is 147 Å².